The number of aromatic nitrogens is 4. The highest BCUT2D eigenvalue weighted by molar-refractivity contribution is 5.90. The van der Waals surface area contributed by atoms with Gasteiger partial charge < -0.3 is 9.80 Å². The largest absolute Gasteiger partial charge is 0.304 e. The fourth-order valence-electron chi connectivity index (χ4n) is 6.16. The second-order valence-electron chi connectivity index (χ2n) is 10.5. The summed E-state index contributed by atoms with van der Waals surface area (Å²) in [7, 11) is 4.10. The molecule has 3 aliphatic carbocycles. The number of piperazine rings is 1. The van der Waals surface area contributed by atoms with Crippen molar-refractivity contribution in [1.29, 1.82) is 0 Å². The molecule has 166 valence electrons. The zero-order chi connectivity index (χ0) is 21.9. The Balaban J connectivity index is 1.11. The van der Waals surface area contributed by atoms with E-state index in [2.05, 4.69) is 26.9 Å². The Morgan fingerprint density at radius 1 is 1.06 bits per heavy atom. The van der Waals surface area contributed by atoms with E-state index in [-0.39, 0.29) is 5.41 Å². The molecular formula is C25H30N6O. The van der Waals surface area contributed by atoms with Gasteiger partial charge >= 0.3 is 0 Å². The standard InChI is InChI=1S/C25H30N6O/c1-29-5-7-31(8-6-29)17-24-14-25(15-24,16-24)23(32)10-20-9-22-18(11-26-20)3-4-21(28-22)19-12-27-30(2)13-19/h3-4,9,11-13H,5-8,10,14-17H2,1-2H3. The van der Waals surface area contributed by atoms with Crippen LogP contribution < -0.4 is 0 Å². The number of likely N-dealkylation sites (N-methyl/N-ethyl adjacent to an activating group) is 1. The molecule has 32 heavy (non-hydrogen) atoms. The van der Waals surface area contributed by atoms with Crippen molar-refractivity contribution in [2.45, 2.75) is 25.7 Å². The molecule has 4 heterocycles. The number of ketones is 1. The summed E-state index contributed by atoms with van der Waals surface area (Å²) in [6, 6.07) is 6.01. The number of carbonyl (C=O) groups excluding carboxylic acids is 1. The maximum atomic E-state index is 13.2. The summed E-state index contributed by atoms with van der Waals surface area (Å²) in [5.41, 5.74) is 3.92. The summed E-state index contributed by atoms with van der Waals surface area (Å²) in [5, 5.41) is 5.23. The third-order valence-corrected chi connectivity index (χ3v) is 7.86. The Hall–Kier alpha value is -2.64. The van der Waals surface area contributed by atoms with E-state index in [0.717, 1.165) is 73.3 Å². The molecule has 1 aliphatic heterocycles. The molecule has 0 aromatic carbocycles. The first-order valence-corrected chi connectivity index (χ1v) is 11.6. The zero-order valence-corrected chi connectivity index (χ0v) is 18.9. The van der Waals surface area contributed by atoms with Gasteiger partial charge in [-0.25, -0.2) is 4.98 Å². The lowest BCUT2D eigenvalue weighted by molar-refractivity contribution is -0.212. The smallest absolute Gasteiger partial charge is 0.145 e. The van der Waals surface area contributed by atoms with Crippen molar-refractivity contribution in [3.8, 4) is 11.3 Å². The zero-order valence-electron chi connectivity index (χ0n) is 18.9. The second kappa shape index (κ2) is 7.18. The predicted molar refractivity (Wildman–Crippen MR) is 123 cm³/mol. The lowest BCUT2D eigenvalue weighted by Crippen LogP contribution is -2.69. The number of carbonyl (C=O) groups is 1. The van der Waals surface area contributed by atoms with E-state index in [1.54, 1.807) is 4.68 Å². The summed E-state index contributed by atoms with van der Waals surface area (Å²) >= 11 is 0. The van der Waals surface area contributed by atoms with Crippen LogP contribution in [0.25, 0.3) is 22.2 Å². The van der Waals surface area contributed by atoms with Crippen LogP contribution in [0.4, 0.5) is 0 Å². The first-order chi connectivity index (χ1) is 15.4. The van der Waals surface area contributed by atoms with Gasteiger partial charge in [0.1, 0.15) is 5.78 Å². The van der Waals surface area contributed by atoms with Gasteiger partial charge in [-0.05, 0) is 49.9 Å². The first kappa shape index (κ1) is 20.0. The Labute approximate surface area is 188 Å². The van der Waals surface area contributed by atoms with Gasteiger partial charge in [0.15, 0.2) is 0 Å². The molecule has 1 saturated heterocycles. The quantitative estimate of drug-likeness (QED) is 0.599. The van der Waals surface area contributed by atoms with Crippen LogP contribution in [0.5, 0.6) is 0 Å². The van der Waals surface area contributed by atoms with Crippen molar-refractivity contribution in [3.63, 3.8) is 0 Å². The number of Topliss-reactive ketones (excluding diaryl/α,β-unsaturated/α-hetero) is 1. The van der Waals surface area contributed by atoms with Gasteiger partial charge in [0.25, 0.3) is 0 Å². The van der Waals surface area contributed by atoms with Gasteiger partial charge in [0.05, 0.1) is 17.4 Å². The van der Waals surface area contributed by atoms with E-state index >= 15 is 0 Å². The number of pyridine rings is 2. The van der Waals surface area contributed by atoms with Crippen molar-refractivity contribution >= 4 is 16.7 Å². The first-order valence-electron chi connectivity index (χ1n) is 11.6. The highest BCUT2D eigenvalue weighted by Crippen LogP contribution is 2.74. The van der Waals surface area contributed by atoms with Crippen molar-refractivity contribution in [2.75, 3.05) is 39.8 Å². The molecule has 3 aromatic rings. The molecular weight excluding hydrogens is 400 g/mol. The molecule has 4 fully saturated rings. The summed E-state index contributed by atoms with van der Waals surface area (Å²) < 4.78 is 1.78. The van der Waals surface area contributed by atoms with Crippen LogP contribution in [0.2, 0.25) is 0 Å². The summed E-state index contributed by atoms with van der Waals surface area (Å²) in [4.78, 5) is 27.5. The Morgan fingerprint density at radius 2 is 1.84 bits per heavy atom. The fourth-order valence-corrected chi connectivity index (χ4v) is 6.16. The number of aryl methyl sites for hydroxylation is 1. The van der Waals surface area contributed by atoms with Gasteiger partial charge in [0.2, 0.25) is 0 Å². The molecule has 3 aromatic heterocycles. The van der Waals surface area contributed by atoms with Crippen LogP contribution in [0.1, 0.15) is 25.0 Å². The third kappa shape index (κ3) is 3.35. The highest BCUT2D eigenvalue weighted by Gasteiger charge is 2.70. The fraction of sp³-hybridized carbons (Fsp3) is 0.520. The molecule has 0 atom stereocenters. The summed E-state index contributed by atoms with van der Waals surface area (Å²) in [6.45, 7) is 5.81. The Morgan fingerprint density at radius 3 is 2.56 bits per heavy atom. The van der Waals surface area contributed by atoms with E-state index in [1.807, 2.05) is 43.8 Å². The monoisotopic (exact) mass is 430 g/mol. The van der Waals surface area contributed by atoms with Gasteiger partial charge in [-0.15, -0.1) is 0 Å². The molecule has 7 rings (SSSR count). The molecule has 7 nitrogen and oxygen atoms in total. The minimum atomic E-state index is -0.0752. The summed E-state index contributed by atoms with van der Waals surface area (Å²) in [6.07, 6.45) is 9.25. The molecule has 7 heteroatoms. The van der Waals surface area contributed by atoms with E-state index in [0.29, 0.717) is 17.6 Å². The number of hydrogen-bond donors (Lipinski definition) is 0. The van der Waals surface area contributed by atoms with Gasteiger partial charge in [-0.3, -0.25) is 14.5 Å². The normalized spacial score (nSPS) is 27.8. The molecule has 0 N–H and O–H groups in total. The molecule has 4 aliphatic rings. The van der Waals surface area contributed by atoms with Crippen LogP contribution in [0.3, 0.4) is 0 Å². The molecule has 0 radical (unpaired) electrons. The third-order valence-electron chi connectivity index (χ3n) is 7.86. The van der Waals surface area contributed by atoms with Crippen molar-refractivity contribution in [1.82, 2.24) is 29.5 Å². The van der Waals surface area contributed by atoms with E-state index < -0.39 is 0 Å². The van der Waals surface area contributed by atoms with E-state index in [4.69, 9.17) is 4.98 Å². The number of fused-ring (bicyclic) bond motifs is 1. The van der Waals surface area contributed by atoms with Gasteiger partial charge in [0, 0.05) is 80.6 Å². The SMILES string of the molecule is CN1CCN(CC23CC(C(=O)Cc4cc5nc(-c6cnn(C)c6)ccc5cn4)(C2)C3)CC1. The van der Waals surface area contributed by atoms with Crippen LogP contribution in [-0.2, 0) is 18.3 Å². The second-order valence-corrected chi connectivity index (χ2v) is 10.5. The number of nitrogens with zero attached hydrogens (tertiary/aromatic N) is 6. The Bertz CT molecular complexity index is 1170. The molecule has 0 spiro atoms. The summed E-state index contributed by atoms with van der Waals surface area (Å²) in [5.74, 6) is 0.369. The highest BCUT2D eigenvalue weighted by atomic mass is 16.1. The van der Waals surface area contributed by atoms with Crippen LogP contribution in [0.15, 0.2) is 36.8 Å². The predicted octanol–water partition coefficient (Wildman–Crippen LogP) is 2.56. The van der Waals surface area contributed by atoms with Crippen LogP contribution in [-0.4, -0.2) is 75.1 Å². The molecule has 3 saturated carbocycles. The minimum Gasteiger partial charge on any atom is -0.304 e. The molecule has 0 amide bonds. The van der Waals surface area contributed by atoms with Crippen molar-refractivity contribution in [2.24, 2.45) is 17.9 Å². The minimum absolute atomic E-state index is 0.0752. The lowest BCUT2D eigenvalue weighted by Gasteiger charge is -2.71. The number of hydrogen-bond acceptors (Lipinski definition) is 6. The van der Waals surface area contributed by atoms with E-state index in [9.17, 15) is 4.79 Å². The maximum absolute atomic E-state index is 13.2. The van der Waals surface area contributed by atoms with Crippen molar-refractivity contribution in [3.05, 3.63) is 42.5 Å². The maximum Gasteiger partial charge on any atom is 0.145 e. The molecule has 0 unspecified atom stereocenters. The lowest BCUT2D eigenvalue weighted by atomic mass is 9.33. The van der Waals surface area contributed by atoms with Crippen LogP contribution >= 0.6 is 0 Å². The van der Waals surface area contributed by atoms with E-state index in [1.165, 1.54) is 6.54 Å². The average Bonchev–Trinajstić information content (AvgIpc) is 3.16. The van der Waals surface area contributed by atoms with Gasteiger partial charge in [-0.1, -0.05) is 0 Å². The molecule has 2 bridgehead atoms. The van der Waals surface area contributed by atoms with Gasteiger partial charge in [-0.2, -0.15) is 5.10 Å². The van der Waals surface area contributed by atoms with Crippen molar-refractivity contribution < 1.29 is 4.79 Å². The number of rotatable bonds is 6. The average molecular weight is 431 g/mol. The van der Waals surface area contributed by atoms with Crippen LogP contribution in [0, 0.1) is 10.8 Å². The topological polar surface area (TPSA) is 67.2 Å². The Kier molecular flexibility index (Phi) is 4.49.